The summed E-state index contributed by atoms with van der Waals surface area (Å²) in [5.74, 6) is 0.290. The summed E-state index contributed by atoms with van der Waals surface area (Å²) in [4.78, 5) is 21.1. The topological polar surface area (TPSA) is 48.5 Å². The summed E-state index contributed by atoms with van der Waals surface area (Å²) in [7, 11) is 0. The summed E-state index contributed by atoms with van der Waals surface area (Å²) in [5.41, 5.74) is 0. The van der Waals surface area contributed by atoms with E-state index in [-0.39, 0.29) is 6.04 Å². The number of aromatic nitrogens is 1. The third-order valence-electron chi connectivity index (χ3n) is 3.86. The van der Waals surface area contributed by atoms with E-state index < -0.39 is 0 Å². The van der Waals surface area contributed by atoms with E-state index in [9.17, 15) is 4.79 Å². The van der Waals surface area contributed by atoms with Crippen LogP contribution in [0, 0.1) is 0 Å². The zero-order valence-electron chi connectivity index (χ0n) is 11.0. The van der Waals surface area contributed by atoms with Crippen LogP contribution < -0.4 is 10.2 Å². The molecule has 1 N–H and O–H groups in total. The summed E-state index contributed by atoms with van der Waals surface area (Å²) < 4.78 is 0. The Morgan fingerprint density at radius 3 is 3.00 bits per heavy atom. The average molecular weight is 280 g/mol. The lowest BCUT2D eigenvalue weighted by atomic mass is 10.2. The Hall–Kier alpha value is -1.14. The van der Waals surface area contributed by atoms with Gasteiger partial charge in [0.15, 0.2) is 5.13 Å². The van der Waals surface area contributed by atoms with E-state index in [1.165, 1.54) is 0 Å². The molecule has 3 heterocycles. The molecule has 6 heteroatoms. The lowest BCUT2D eigenvalue weighted by Crippen LogP contribution is -2.45. The molecule has 0 aliphatic carbocycles. The van der Waals surface area contributed by atoms with Gasteiger partial charge in [-0.2, -0.15) is 0 Å². The highest BCUT2D eigenvalue weighted by Crippen LogP contribution is 2.19. The van der Waals surface area contributed by atoms with Gasteiger partial charge in [0.1, 0.15) is 0 Å². The number of rotatable bonds is 2. The van der Waals surface area contributed by atoms with Gasteiger partial charge in [-0.15, -0.1) is 11.3 Å². The van der Waals surface area contributed by atoms with Gasteiger partial charge in [-0.1, -0.05) is 0 Å². The van der Waals surface area contributed by atoms with Gasteiger partial charge in [-0.05, 0) is 25.8 Å². The van der Waals surface area contributed by atoms with Crippen molar-refractivity contribution < 1.29 is 4.79 Å². The van der Waals surface area contributed by atoms with E-state index in [0.717, 1.165) is 57.1 Å². The number of hydrogen-bond donors (Lipinski definition) is 1. The Morgan fingerprint density at radius 1 is 1.32 bits per heavy atom. The van der Waals surface area contributed by atoms with E-state index in [4.69, 9.17) is 0 Å². The fraction of sp³-hybridized carbons (Fsp3) is 0.692. The van der Waals surface area contributed by atoms with Crippen molar-refractivity contribution in [3.63, 3.8) is 0 Å². The van der Waals surface area contributed by atoms with Crippen molar-refractivity contribution in [1.82, 2.24) is 15.2 Å². The molecule has 2 aliphatic rings. The molecule has 1 unspecified atom stereocenters. The third-order valence-corrected chi connectivity index (χ3v) is 4.69. The van der Waals surface area contributed by atoms with Crippen molar-refractivity contribution in [2.45, 2.75) is 25.3 Å². The predicted molar refractivity (Wildman–Crippen MR) is 76.5 cm³/mol. The van der Waals surface area contributed by atoms with Gasteiger partial charge in [0.2, 0.25) is 5.91 Å². The molecule has 0 saturated carbocycles. The Balaban J connectivity index is 1.59. The zero-order valence-corrected chi connectivity index (χ0v) is 11.9. The van der Waals surface area contributed by atoms with Crippen molar-refractivity contribution in [1.29, 1.82) is 0 Å². The zero-order chi connectivity index (χ0) is 13.1. The first-order chi connectivity index (χ1) is 9.34. The predicted octanol–water partition coefficient (Wildman–Crippen LogP) is 0.934. The van der Waals surface area contributed by atoms with Crippen LogP contribution in [0.5, 0.6) is 0 Å². The van der Waals surface area contributed by atoms with Crippen molar-refractivity contribution in [2.24, 2.45) is 0 Å². The maximum absolute atomic E-state index is 12.4. The summed E-state index contributed by atoms with van der Waals surface area (Å²) in [6, 6.07) is 0.0615. The van der Waals surface area contributed by atoms with Gasteiger partial charge in [0.25, 0.3) is 0 Å². The van der Waals surface area contributed by atoms with E-state index in [1.54, 1.807) is 11.3 Å². The summed E-state index contributed by atoms with van der Waals surface area (Å²) in [5, 5.41) is 6.38. The summed E-state index contributed by atoms with van der Waals surface area (Å²) >= 11 is 1.67. The molecule has 3 rings (SSSR count). The van der Waals surface area contributed by atoms with Crippen LogP contribution in [0.2, 0.25) is 0 Å². The Bertz CT molecular complexity index is 416. The SMILES string of the molecule is O=C(C1CCCN1)N1CCCN(c2nccs2)CC1. The van der Waals surface area contributed by atoms with Crippen LogP contribution in [-0.4, -0.2) is 54.6 Å². The van der Waals surface area contributed by atoms with Crippen LogP contribution in [0.4, 0.5) is 5.13 Å². The van der Waals surface area contributed by atoms with E-state index in [1.807, 2.05) is 16.5 Å². The number of hydrogen-bond acceptors (Lipinski definition) is 5. The Kier molecular flexibility index (Phi) is 3.98. The summed E-state index contributed by atoms with van der Waals surface area (Å²) in [6.45, 7) is 4.56. The van der Waals surface area contributed by atoms with Gasteiger partial charge in [-0.3, -0.25) is 4.79 Å². The summed E-state index contributed by atoms with van der Waals surface area (Å²) in [6.07, 6.45) is 4.98. The molecule has 2 saturated heterocycles. The molecule has 2 fully saturated rings. The van der Waals surface area contributed by atoms with Gasteiger partial charge in [-0.25, -0.2) is 4.98 Å². The van der Waals surface area contributed by atoms with Gasteiger partial charge >= 0.3 is 0 Å². The van der Waals surface area contributed by atoms with Crippen LogP contribution in [0.1, 0.15) is 19.3 Å². The van der Waals surface area contributed by atoms with E-state index in [2.05, 4.69) is 15.2 Å². The van der Waals surface area contributed by atoms with Gasteiger partial charge < -0.3 is 15.1 Å². The van der Waals surface area contributed by atoms with Crippen LogP contribution in [0.3, 0.4) is 0 Å². The molecular formula is C13H20N4OS. The second-order valence-electron chi connectivity index (χ2n) is 5.13. The molecule has 0 aromatic carbocycles. The first-order valence-electron chi connectivity index (χ1n) is 7.01. The lowest BCUT2D eigenvalue weighted by molar-refractivity contribution is -0.132. The number of amides is 1. The molecule has 0 radical (unpaired) electrons. The van der Waals surface area contributed by atoms with Crippen LogP contribution >= 0.6 is 11.3 Å². The number of anilines is 1. The molecule has 1 atom stereocenters. The minimum absolute atomic E-state index is 0.0615. The Morgan fingerprint density at radius 2 is 2.26 bits per heavy atom. The average Bonchev–Trinajstić information content (AvgIpc) is 3.08. The second kappa shape index (κ2) is 5.88. The fourth-order valence-electron chi connectivity index (χ4n) is 2.82. The van der Waals surface area contributed by atoms with E-state index >= 15 is 0 Å². The molecular weight excluding hydrogens is 260 g/mol. The monoisotopic (exact) mass is 280 g/mol. The molecule has 1 amide bonds. The van der Waals surface area contributed by atoms with Crippen molar-refractivity contribution in [3.05, 3.63) is 11.6 Å². The number of nitrogens with zero attached hydrogens (tertiary/aromatic N) is 3. The highest BCUT2D eigenvalue weighted by atomic mass is 32.1. The normalized spacial score (nSPS) is 24.5. The first-order valence-corrected chi connectivity index (χ1v) is 7.89. The fourth-order valence-corrected chi connectivity index (χ4v) is 3.51. The number of nitrogens with one attached hydrogen (secondary N) is 1. The van der Waals surface area contributed by atoms with Gasteiger partial charge in [0.05, 0.1) is 6.04 Å². The minimum Gasteiger partial charge on any atom is -0.346 e. The molecule has 2 aliphatic heterocycles. The van der Waals surface area contributed by atoms with Crippen LogP contribution in [-0.2, 0) is 4.79 Å². The highest BCUT2D eigenvalue weighted by Gasteiger charge is 2.28. The lowest BCUT2D eigenvalue weighted by Gasteiger charge is -2.24. The largest absolute Gasteiger partial charge is 0.346 e. The molecule has 1 aromatic rings. The molecule has 19 heavy (non-hydrogen) atoms. The standard InChI is InChI=1S/C13H20N4OS/c18-12(11-3-1-4-14-11)16-6-2-7-17(9-8-16)13-15-5-10-19-13/h5,10-11,14H,1-4,6-9H2. The minimum atomic E-state index is 0.0615. The van der Waals surface area contributed by atoms with Crippen molar-refractivity contribution in [2.75, 3.05) is 37.6 Å². The smallest absolute Gasteiger partial charge is 0.239 e. The molecule has 104 valence electrons. The van der Waals surface area contributed by atoms with E-state index in [0.29, 0.717) is 5.91 Å². The number of thiazole rings is 1. The number of carbonyl (C=O) groups excluding carboxylic acids is 1. The van der Waals surface area contributed by atoms with Crippen molar-refractivity contribution in [3.8, 4) is 0 Å². The molecule has 1 aromatic heterocycles. The molecule has 5 nitrogen and oxygen atoms in total. The Labute approximate surface area is 117 Å². The maximum atomic E-state index is 12.4. The highest BCUT2D eigenvalue weighted by molar-refractivity contribution is 7.13. The molecule has 0 spiro atoms. The quantitative estimate of drug-likeness (QED) is 0.876. The van der Waals surface area contributed by atoms with Crippen LogP contribution in [0.25, 0.3) is 0 Å². The van der Waals surface area contributed by atoms with Crippen LogP contribution in [0.15, 0.2) is 11.6 Å². The third kappa shape index (κ3) is 2.90. The first kappa shape index (κ1) is 12.9. The second-order valence-corrected chi connectivity index (χ2v) is 6.00. The van der Waals surface area contributed by atoms with Gasteiger partial charge in [0, 0.05) is 37.8 Å². The van der Waals surface area contributed by atoms with Crippen molar-refractivity contribution >= 4 is 22.4 Å². The number of carbonyl (C=O) groups is 1. The molecule has 0 bridgehead atoms. The maximum Gasteiger partial charge on any atom is 0.239 e.